The predicted octanol–water partition coefficient (Wildman–Crippen LogP) is 0.399. The molecule has 5 atom stereocenters. The summed E-state index contributed by atoms with van der Waals surface area (Å²) >= 11 is 0. The van der Waals surface area contributed by atoms with Crippen LogP contribution in [0, 0.1) is 0 Å². The lowest BCUT2D eigenvalue weighted by atomic mass is 9.99. The van der Waals surface area contributed by atoms with E-state index in [1.165, 1.54) is 12.1 Å². The number of aromatic hydroxyl groups is 6. The smallest absolute Gasteiger partial charge is 0.507 e. The number of phenols is 6. The van der Waals surface area contributed by atoms with Crippen molar-refractivity contribution in [1.82, 2.24) is 0 Å². The second-order valence-electron chi connectivity index (χ2n) is 9.57. The Morgan fingerprint density at radius 2 is 1.53 bits per heavy atom. The molecule has 0 saturated carbocycles. The average molecular weight is 601 g/mol. The third kappa shape index (κ3) is 5.52. The molecule has 0 amide bonds. The minimum atomic E-state index is -1.90. The van der Waals surface area contributed by atoms with Gasteiger partial charge in [-0.25, -0.2) is 0 Å². The molecule has 3 aliphatic rings. The van der Waals surface area contributed by atoms with E-state index in [0.717, 1.165) is 36.4 Å². The van der Waals surface area contributed by atoms with Gasteiger partial charge in [-0.05, 0) is 24.3 Å². The SMILES string of the molecule is O=c1cc2oc(-c3ccc(O)c(O)c3)c(O[C@@H]3O[C@H](CO)[C@H](O)[C@H](O)[C@H]3OC(=[OH+])c3cc(O)c(O)c(O)c3)cc-2c(O)c1. The third-order valence-electron chi connectivity index (χ3n) is 6.67. The molecule has 2 aromatic carbocycles. The molecule has 5 rings (SSSR count). The number of hydrogen-bond donors (Lipinski definition) is 9. The highest BCUT2D eigenvalue weighted by molar-refractivity contribution is 5.92. The van der Waals surface area contributed by atoms with Crippen LogP contribution < -0.4 is 10.2 Å². The van der Waals surface area contributed by atoms with Gasteiger partial charge in [0.1, 0.15) is 29.3 Å². The molecule has 0 spiro atoms. The molecule has 15 heteroatoms. The molecule has 15 nitrogen and oxygen atoms in total. The van der Waals surface area contributed by atoms with E-state index in [-0.39, 0.29) is 34.0 Å². The fraction of sp³-hybridized carbons (Fsp3) is 0.214. The topological polar surface area (TPSA) is 261 Å². The van der Waals surface area contributed by atoms with E-state index >= 15 is 0 Å². The van der Waals surface area contributed by atoms with Gasteiger partial charge < -0.3 is 69.4 Å². The highest BCUT2D eigenvalue weighted by Crippen LogP contribution is 2.43. The second kappa shape index (κ2) is 11.2. The Morgan fingerprint density at radius 3 is 2.19 bits per heavy atom. The van der Waals surface area contributed by atoms with Crippen LogP contribution in [0.2, 0.25) is 0 Å². The maximum atomic E-state index is 12.0. The maximum absolute atomic E-state index is 12.0. The van der Waals surface area contributed by atoms with Gasteiger partial charge in [0.2, 0.25) is 0 Å². The van der Waals surface area contributed by atoms with E-state index in [0.29, 0.717) is 0 Å². The number of ether oxygens (including phenoxy) is 3. The first-order valence-electron chi connectivity index (χ1n) is 12.5. The zero-order valence-electron chi connectivity index (χ0n) is 21.7. The number of carbonyl (C=O) groups excluding carboxylic acids is 1. The third-order valence-corrected chi connectivity index (χ3v) is 6.67. The van der Waals surface area contributed by atoms with Crippen molar-refractivity contribution in [2.45, 2.75) is 30.7 Å². The molecule has 2 heterocycles. The predicted molar refractivity (Wildman–Crippen MR) is 143 cm³/mol. The molecule has 226 valence electrons. The number of rotatable bonds is 6. The van der Waals surface area contributed by atoms with Gasteiger partial charge >= 0.3 is 5.97 Å². The fourth-order valence-corrected chi connectivity index (χ4v) is 4.45. The standard InChI is InChI=1S/C28H24O15/c29-9-21-23(37)24(38)26(43-27(39)11-4-17(34)22(36)18(35)5-11)28(42-21)41-20-8-13-15(32)6-12(30)7-19(13)40-25(20)10-1-2-14(31)16(33)3-10/h1-8,21,23-24,26,28-29,31-38H,9H2/p+1/t21-,23+,24+,26-,28-/m1/s1. The highest BCUT2D eigenvalue weighted by Gasteiger charge is 2.52. The van der Waals surface area contributed by atoms with Crippen LogP contribution in [-0.4, -0.2) is 94.0 Å². The summed E-state index contributed by atoms with van der Waals surface area (Å²) in [5, 5.41) is 90.5. The van der Waals surface area contributed by atoms with E-state index in [1.807, 2.05) is 0 Å². The lowest BCUT2D eigenvalue weighted by Gasteiger charge is -2.38. The van der Waals surface area contributed by atoms with Crippen LogP contribution in [0.1, 0.15) is 5.56 Å². The van der Waals surface area contributed by atoms with Crippen LogP contribution in [-0.2, 0) is 9.47 Å². The number of fused-ring (bicyclic) bond motifs is 1. The number of benzene rings is 3. The van der Waals surface area contributed by atoms with Crippen LogP contribution in [0.3, 0.4) is 0 Å². The van der Waals surface area contributed by atoms with Crippen molar-refractivity contribution in [2.75, 3.05) is 6.61 Å². The van der Waals surface area contributed by atoms with Crippen molar-refractivity contribution < 1.29 is 69.4 Å². The number of esters is 1. The van der Waals surface area contributed by atoms with Crippen molar-refractivity contribution in [2.24, 2.45) is 0 Å². The van der Waals surface area contributed by atoms with Gasteiger partial charge in [-0.2, -0.15) is 0 Å². The van der Waals surface area contributed by atoms with E-state index in [1.54, 1.807) is 0 Å². The minimum Gasteiger partial charge on any atom is -0.507 e. The van der Waals surface area contributed by atoms with Gasteiger partial charge in [0.25, 0.3) is 12.4 Å². The largest absolute Gasteiger partial charge is 0.518 e. The summed E-state index contributed by atoms with van der Waals surface area (Å²) in [6.45, 7) is -0.798. The van der Waals surface area contributed by atoms with Crippen LogP contribution in [0.4, 0.5) is 0 Å². The Hall–Kier alpha value is -5.22. The molecule has 2 aliphatic heterocycles. The molecule has 1 saturated heterocycles. The fourth-order valence-electron chi connectivity index (χ4n) is 4.45. The minimum absolute atomic E-state index is 0.0154. The molecule has 1 fully saturated rings. The molecule has 0 bridgehead atoms. The van der Waals surface area contributed by atoms with Crippen molar-refractivity contribution in [3.63, 3.8) is 0 Å². The van der Waals surface area contributed by atoms with Crippen molar-refractivity contribution >= 4 is 5.97 Å². The Balaban J connectivity index is 1.59. The molecule has 1 aliphatic carbocycles. The van der Waals surface area contributed by atoms with Crippen LogP contribution in [0.5, 0.6) is 40.2 Å². The monoisotopic (exact) mass is 601 g/mol. The second-order valence-corrected chi connectivity index (χ2v) is 9.57. The van der Waals surface area contributed by atoms with E-state index in [9.17, 15) is 55.5 Å². The Labute approximate surface area is 240 Å². The van der Waals surface area contributed by atoms with Crippen LogP contribution >= 0.6 is 0 Å². The molecular formula is C28H25O15+. The summed E-state index contributed by atoms with van der Waals surface area (Å²) in [5.74, 6) is -5.58. The highest BCUT2D eigenvalue weighted by atomic mass is 16.7. The molecule has 2 aromatic rings. The van der Waals surface area contributed by atoms with Gasteiger partial charge in [0, 0.05) is 29.8 Å². The zero-order valence-corrected chi connectivity index (χ0v) is 21.7. The van der Waals surface area contributed by atoms with Crippen LogP contribution in [0.15, 0.2) is 57.7 Å². The first-order valence-corrected chi connectivity index (χ1v) is 12.5. The summed E-state index contributed by atoms with van der Waals surface area (Å²) in [7, 11) is 0. The summed E-state index contributed by atoms with van der Waals surface area (Å²) in [4.78, 5) is 22.6. The first-order chi connectivity index (χ1) is 20.4. The van der Waals surface area contributed by atoms with E-state index in [4.69, 9.17) is 18.6 Å². The van der Waals surface area contributed by atoms with Gasteiger partial charge in [-0.3, -0.25) is 4.79 Å². The van der Waals surface area contributed by atoms with Crippen molar-refractivity contribution in [3.8, 4) is 62.9 Å². The maximum Gasteiger partial charge on any atom is 0.518 e. The molecule has 0 aromatic heterocycles. The summed E-state index contributed by atoms with van der Waals surface area (Å²) in [5.41, 5.74) is -0.874. The molecule has 0 unspecified atom stereocenters. The number of hydrogen-bond acceptors (Lipinski definition) is 14. The first kappa shape index (κ1) is 29.3. The van der Waals surface area contributed by atoms with Gasteiger partial charge in [-0.15, -0.1) is 0 Å². The number of aliphatic hydroxyl groups is 3. The quantitative estimate of drug-likeness (QED) is 0.0823. The van der Waals surface area contributed by atoms with Crippen molar-refractivity contribution in [1.29, 1.82) is 0 Å². The van der Waals surface area contributed by atoms with E-state index in [2.05, 4.69) is 0 Å². The lowest BCUT2D eigenvalue weighted by molar-refractivity contribution is -0.274. The normalized spacial score (nSPS) is 21.9. The van der Waals surface area contributed by atoms with E-state index < -0.39 is 83.2 Å². The van der Waals surface area contributed by atoms with Gasteiger partial charge in [0.05, 0.1) is 12.2 Å². The molecule has 0 radical (unpaired) electrons. The molecular weight excluding hydrogens is 576 g/mol. The zero-order chi connectivity index (χ0) is 31.2. The van der Waals surface area contributed by atoms with Crippen LogP contribution in [0.25, 0.3) is 22.6 Å². The Kier molecular flexibility index (Phi) is 7.64. The van der Waals surface area contributed by atoms with Crippen molar-refractivity contribution in [3.05, 3.63) is 64.3 Å². The lowest BCUT2D eigenvalue weighted by Crippen LogP contribution is -2.61. The number of aliphatic hydroxyl groups excluding tert-OH is 3. The summed E-state index contributed by atoms with van der Waals surface area (Å²) < 4.78 is 22.8. The molecule has 10 N–H and O–H groups in total. The number of phenolic OH excluding ortho intramolecular Hbond substituents is 6. The molecule has 43 heavy (non-hydrogen) atoms. The van der Waals surface area contributed by atoms with Gasteiger partial charge in [0.15, 0.2) is 51.8 Å². The average Bonchev–Trinajstić information content (AvgIpc) is 2.96. The van der Waals surface area contributed by atoms with Gasteiger partial charge in [-0.1, -0.05) is 0 Å². The Bertz CT molecular complexity index is 1690. The summed E-state index contributed by atoms with van der Waals surface area (Å²) in [6, 6.07) is 8.41. The Morgan fingerprint density at radius 1 is 0.837 bits per heavy atom. The summed E-state index contributed by atoms with van der Waals surface area (Å²) in [6.07, 6.45) is -8.65.